The van der Waals surface area contributed by atoms with Gasteiger partial charge in [0.2, 0.25) is 5.91 Å². The predicted molar refractivity (Wildman–Crippen MR) is 99.0 cm³/mol. The van der Waals surface area contributed by atoms with E-state index in [2.05, 4.69) is 10.5 Å². The minimum absolute atomic E-state index is 0.205. The topological polar surface area (TPSA) is 55.1 Å². The number of amides is 1. The zero-order chi connectivity index (χ0) is 17.6. The second-order valence-electron chi connectivity index (χ2n) is 5.65. The summed E-state index contributed by atoms with van der Waals surface area (Å²) in [5.74, 6) is 0.395. The van der Waals surface area contributed by atoms with Crippen LogP contribution in [0.25, 0.3) is 17.3 Å². The van der Waals surface area contributed by atoms with E-state index in [1.165, 1.54) is 11.6 Å². The SMILES string of the molecule is Cc1ccc(-c2cc(CNC(=O)/C=C/c3ccc(Cl)cc3)on2)cc1. The molecule has 3 aromatic rings. The number of carbonyl (C=O) groups excluding carboxylic acids is 1. The summed E-state index contributed by atoms with van der Waals surface area (Å²) >= 11 is 5.83. The van der Waals surface area contributed by atoms with Gasteiger partial charge in [0.1, 0.15) is 5.69 Å². The van der Waals surface area contributed by atoms with Gasteiger partial charge in [0, 0.05) is 22.7 Å². The molecule has 0 radical (unpaired) electrons. The average molecular weight is 353 g/mol. The first-order valence-electron chi connectivity index (χ1n) is 7.84. The van der Waals surface area contributed by atoms with E-state index < -0.39 is 0 Å². The van der Waals surface area contributed by atoms with Crippen LogP contribution >= 0.6 is 11.6 Å². The molecule has 0 spiro atoms. The first-order chi connectivity index (χ1) is 12.1. The number of nitrogens with one attached hydrogen (secondary N) is 1. The highest BCUT2D eigenvalue weighted by Gasteiger charge is 2.07. The van der Waals surface area contributed by atoms with Gasteiger partial charge in [0.15, 0.2) is 5.76 Å². The highest BCUT2D eigenvalue weighted by Crippen LogP contribution is 2.19. The number of aromatic nitrogens is 1. The second kappa shape index (κ2) is 7.81. The Hall–Kier alpha value is -2.85. The summed E-state index contributed by atoms with van der Waals surface area (Å²) in [6.07, 6.45) is 3.20. The second-order valence-corrected chi connectivity index (χ2v) is 6.08. The monoisotopic (exact) mass is 352 g/mol. The summed E-state index contributed by atoms with van der Waals surface area (Å²) in [5.41, 5.74) is 3.82. The summed E-state index contributed by atoms with van der Waals surface area (Å²) in [6, 6.07) is 17.1. The van der Waals surface area contributed by atoms with Crippen LogP contribution in [-0.4, -0.2) is 11.1 Å². The number of benzene rings is 2. The number of nitrogens with zero attached hydrogens (tertiary/aromatic N) is 1. The fraction of sp³-hybridized carbons (Fsp3) is 0.100. The molecule has 0 saturated carbocycles. The molecule has 0 aliphatic heterocycles. The van der Waals surface area contributed by atoms with Crippen LogP contribution in [0.1, 0.15) is 16.9 Å². The van der Waals surface area contributed by atoms with E-state index in [9.17, 15) is 4.79 Å². The van der Waals surface area contributed by atoms with Crippen molar-refractivity contribution in [3.63, 3.8) is 0 Å². The molecule has 1 amide bonds. The fourth-order valence-electron chi connectivity index (χ4n) is 2.24. The molecule has 3 rings (SSSR count). The van der Waals surface area contributed by atoms with Crippen molar-refractivity contribution in [1.82, 2.24) is 10.5 Å². The van der Waals surface area contributed by atoms with Crippen molar-refractivity contribution in [2.45, 2.75) is 13.5 Å². The highest BCUT2D eigenvalue weighted by molar-refractivity contribution is 6.30. The molecule has 1 aromatic heterocycles. The van der Waals surface area contributed by atoms with Crippen LogP contribution in [0.5, 0.6) is 0 Å². The van der Waals surface area contributed by atoms with Crippen LogP contribution < -0.4 is 5.32 Å². The molecule has 2 aromatic carbocycles. The summed E-state index contributed by atoms with van der Waals surface area (Å²) in [6.45, 7) is 2.31. The van der Waals surface area contributed by atoms with E-state index >= 15 is 0 Å². The highest BCUT2D eigenvalue weighted by atomic mass is 35.5. The number of hydrogen-bond donors (Lipinski definition) is 1. The Morgan fingerprint density at radius 3 is 2.60 bits per heavy atom. The lowest BCUT2D eigenvalue weighted by Gasteiger charge is -1.98. The predicted octanol–water partition coefficient (Wildman–Crippen LogP) is 4.63. The van der Waals surface area contributed by atoms with Crippen molar-refractivity contribution in [2.24, 2.45) is 0 Å². The Balaban J connectivity index is 1.55. The van der Waals surface area contributed by atoms with Crippen LogP contribution in [0, 0.1) is 6.92 Å². The van der Waals surface area contributed by atoms with Gasteiger partial charge in [-0.05, 0) is 30.7 Å². The van der Waals surface area contributed by atoms with E-state index in [0.29, 0.717) is 10.8 Å². The number of halogens is 1. The lowest BCUT2D eigenvalue weighted by atomic mass is 10.1. The number of hydrogen-bond acceptors (Lipinski definition) is 3. The van der Waals surface area contributed by atoms with Crippen molar-refractivity contribution in [3.8, 4) is 11.3 Å². The van der Waals surface area contributed by atoms with Gasteiger partial charge in [-0.3, -0.25) is 4.79 Å². The van der Waals surface area contributed by atoms with Gasteiger partial charge in [0.25, 0.3) is 0 Å². The van der Waals surface area contributed by atoms with Gasteiger partial charge in [-0.1, -0.05) is 58.7 Å². The molecule has 0 aliphatic carbocycles. The minimum Gasteiger partial charge on any atom is -0.359 e. The van der Waals surface area contributed by atoms with Gasteiger partial charge >= 0.3 is 0 Å². The third kappa shape index (κ3) is 4.81. The zero-order valence-electron chi connectivity index (χ0n) is 13.7. The zero-order valence-corrected chi connectivity index (χ0v) is 14.5. The first kappa shape index (κ1) is 17.0. The first-order valence-corrected chi connectivity index (χ1v) is 8.22. The Kier molecular flexibility index (Phi) is 5.31. The molecule has 0 unspecified atom stereocenters. The normalized spacial score (nSPS) is 11.0. The standard InChI is InChI=1S/C20H17ClN2O2/c1-14-2-7-16(8-3-14)19-12-18(25-23-19)13-22-20(24)11-6-15-4-9-17(21)10-5-15/h2-12H,13H2,1H3,(H,22,24)/b11-6+. The van der Waals surface area contributed by atoms with Crippen molar-refractivity contribution < 1.29 is 9.32 Å². The van der Waals surface area contributed by atoms with Crippen LogP contribution in [-0.2, 0) is 11.3 Å². The molecular weight excluding hydrogens is 336 g/mol. The maximum absolute atomic E-state index is 11.9. The molecule has 25 heavy (non-hydrogen) atoms. The molecule has 126 valence electrons. The average Bonchev–Trinajstić information content (AvgIpc) is 3.09. The Morgan fingerprint density at radius 1 is 1.16 bits per heavy atom. The van der Waals surface area contributed by atoms with Crippen molar-refractivity contribution in [2.75, 3.05) is 0 Å². The molecule has 5 heteroatoms. The maximum Gasteiger partial charge on any atom is 0.244 e. The molecule has 1 heterocycles. The molecular formula is C20H17ClN2O2. The van der Waals surface area contributed by atoms with E-state index in [1.54, 1.807) is 18.2 Å². The smallest absolute Gasteiger partial charge is 0.244 e. The molecule has 0 fully saturated rings. The summed E-state index contributed by atoms with van der Waals surface area (Å²) in [4.78, 5) is 11.9. The molecule has 0 bridgehead atoms. The van der Waals surface area contributed by atoms with Crippen LogP contribution in [0.15, 0.2) is 65.2 Å². The third-order valence-electron chi connectivity index (χ3n) is 3.64. The van der Waals surface area contributed by atoms with Gasteiger partial charge < -0.3 is 9.84 Å². The van der Waals surface area contributed by atoms with Gasteiger partial charge in [0.05, 0.1) is 6.54 Å². The molecule has 1 N–H and O–H groups in total. The molecule has 0 atom stereocenters. The van der Waals surface area contributed by atoms with Crippen LogP contribution in [0.3, 0.4) is 0 Å². The molecule has 0 aliphatic rings. The van der Waals surface area contributed by atoms with Crippen LogP contribution in [0.4, 0.5) is 0 Å². The van der Waals surface area contributed by atoms with Gasteiger partial charge in [-0.2, -0.15) is 0 Å². The van der Waals surface area contributed by atoms with E-state index in [-0.39, 0.29) is 12.5 Å². The molecule has 4 nitrogen and oxygen atoms in total. The van der Waals surface area contributed by atoms with Crippen molar-refractivity contribution in [1.29, 1.82) is 0 Å². The van der Waals surface area contributed by atoms with Gasteiger partial charge in [-0.15, -0.1) is 0 Å². The van der Waals surface area contributed by atoms with E-state index in [4.69, 9.17) is 16.1 Å². The van der Waals surface area contributed by atoms with E-state index in [1.807, 2.05) is 49.4 Å². The minimum atomic E-state index is -0.205. The number of carbonyl (C=O) groups is 1. The quantitative estimate of drug-likeness (QED) is 0.681. The van der Waals surface area contributed by atoms with E-state index in [0.717, 1.165) is 16.8 Å². The lowest BCUT2D eigenvalue weighted by molar-refractivity contribution is -0.116. The third-order valence-corrected chi connectivity index (χ3v) is 3.89. The number of aryl methyl sites for hydroxylation is 1. The molecule has 0 saturated heterocycles. The Labute approximate surface area is 151 Å². The maximum atomic E-state index is 11.9. The Morgan fingerprint density at radius 2 is 1.88 bits per heavy atom. The summed E-state index contributed by atoms with van der Waals surface area (Å²) in [7, 11) is 0. The van der Waals surface area contributed by atoms with Crippen molar-refractivity contribution in [3.05, 3.63) is 82.6 Å². The number of rotatable bonds is 5. The van der Waals surface area contributed by atoms with Gasteiger partial charge in [-0.25, -0.2) is 0 Å². The Bertz CT molecular complexity index is 881. The summed E-state index contributed by atoms with van der Waals surface area (Å²) < 4.78 is 5.27. The van der Waals surface area contributed by atoms with Crippen molar-refractivity contribution >= 4 is 23.6 Å². The largest absolute Gasteiger partial charge is 0.359 e. The van der Waals surface area contributed by atoms with Crippen LogP contribution in [0.2, 0.25) is 5.02 Å². The summed E-state index contributed by atoms with van der Waals surface area (Å²) in [5, 5.41) is 7.47. The fourth-order valence-corrected chi connectivity index (χ4v) is 2.36. The lowest BCUT2D eigenvalue weighted by Crippen LogP contribution is -2.19.